The molecule has 3 aliphatic rings. The van der Waals surface area contributed by atoms with Crippen molar-refractivity contribution in [2.45, 2.75) is 89.0 Å². The van der Waals surface area contributed by atoms with Crippen molar-refractivity contribution in [3.05, 3.63) is 34.2 Å². The lowest BCUT2D eigenvalue weighted by Crippen LogP contribution is -2.34. The molecular formula is C25H36O6S. The topological polar surface area (TPSA) is 74.2 Å². The van der Waals surface area contributed by atoms with E-state index in [-0.39, 0.29) is 36.9 Å². The van der Waals surface area contributed by atoms with Gasteiger partial charge in [0.15, 0.2) is 12.6 Å². The van der Waals surface area contributed by atoms with E-state index in [1.165, 1.54) is 4.88 Å². The monoisotopic (exact) mass is 464 g/mol. The average Bonchev–Trinajstić information content (AvgIpc) is 3.43. The molecule has 0 amide bonds. The summed E-state index contributed by atoms with van der Waals surface area (Å²) in [5.74, 6) is 0.393. The largest absolute Gasteiger partial charge is 0.469 e. The molecule has 1 aliphatic carbocycles. The zero-order valence-corrected chi connectivity index (χ0v) is 19.5. The van der Waals surface area contributed by atoms with Crippen LogP contribution in [0.3, 0.4) is 0 Å². The van der Waals surface area contributed by atoms with Gasteiger partial charge < -0.3 is 28.8 Å². The highest BCUT2D eigenvalue weighted by Crippen LogP contribution is 2.43. The van der Waals surface area contributed by atoms with Crippen LogP contribution in [0.1, 0.15) is 62.7 Å². The van der Waals surface area contributed by atoms with Crippen molar-refractivity contribution in [3.63, 3.8) is 0 Å². The minimum absolute atomic E-state index is 0.186. The number of aryl methyl sites for hydroxylation is 1. The first kappa shape index (κ1) is 23.9. The Morgan fingerprint density at radius 1 is 1.16 bits per heavy atom. The summed E-state index contributed by atoms with van der Waals surface area (Å²) in [6.07, 6.45) is 10.2. The predicted molar refractivity (Wildman–Crippen MR) is 122 cm³/mol. The normalized spacial score (nSPS) is 33.8. The van der Waals surface area contributed by atoms with E-state index >= 15 is 0 Å². The van der Waals surface area contributed by atoms with Gasteiger partial charge >= 0.3 is 0 Å². The molecule has 1 aromatic rings. The quantitative estimate of drug-likeness (QED) is 0.403. The number of aliphatic hydroxyl groups excluding tert-OH is 1. The highest BCUT2D eigenvalue weighted by molar-refractivity contribution is 7.09. The van der Waals surface area contributed by atoms with E-state index in [1.807, 2.05) is 0 Å². The molecule has 1 saturated carbocycles. The Labute approximate surface area is 194 Å². The molecule has 2 aliphatic heterocycles. The van der Waals surface area contributed by atoms with Gasteiger partial charge in [-0.15, -0.1) is 11.3 Å². The number of aliphatic hydroxyl groups is 1. The zero-order valence-electron chi connectivity index (χ0n) is 18.7. The summed E-state index contributed by atoms with van der Waals surface area (Å²) in [5, 5.41) is 12.9. The van der Waals surface area contributed by atoms with Crippen molar-refractivity contribution >= 4 is 17.6 Å². The Hall–Kier alpha value is -1.25. The Kier molecular flexibility index (Phi) is 9.17. The number of carbonyl (C=O) groups excluding carboxylic acids is 1. The number of hydrogen-bond acceptors (Lipinski definition) is 7. The molecule has 4 rings (SSSR count). The van der Waals surface area contributed by atoms with Crippen LogP contribution in [0.15, 0.2) is 29.3 Å². The molecule has 0 radical (unpaired) electrons. The smallest absolute Gasteiger partial charge is 0.199 e. The Morgan fingerprint density at radius 3 is 2.59 bits per heavy atom. The molecule has 0 aromatic carbocycles. The molecule has 3 fully saturated rings. The van der Waals surface area contributed by atoms with Crippen LogP contribution in [0.5, 0.6) is 0 Å². The highest BCUT2D eigenvalue weighted by atomic mass is 32.1. The van der Waals surface area contributed by atoms with E-state index in [1.54, 1.807) is 11.3 Å². The van der Waals surface area contributed by atoms with E-state index in [0.29, 0.717) is 19.6 Å². The summed E-state index contributed by atoms with van der Waals surface area (Å²) < 4.78 is 24.5. The van der Waals surface area contributed by atoms with Gasteiger partial charge in [0.25, 0.3) is 0 Å². The fourth-order valence-corrected chi connectivity index (χ4v) is 5.79. The summed E-state index contributed by atoms with van der Waals surface area (Å²) >= 11 is 1.75. The van der Waals surface area contributed by atoms with Gasteiger partial charge in [0, 0.05) is 42.6 Å². The van der Waals surface area contributed by atoms with Gasteiger partial charge in [0.2, 0.25) is 0 Å². The van der Waals surface area contributed by atoms with Gasteiger partial charge in [-0.3, -0.25) is 0 Å². The van der Waals surface area contributed by atoms with E-state index in [0.717, 1.165) is 63.4 Å². The Morgan fingerprint density at radius 2 is 1.94 bits per heavy atom. The van der Waals surface area contributed by atoms with E-state index < -0.39 is 6.10 Å². The zero-order chi connectivity index (χ0) is 22.2. The van der Waals surface area contributed by atoms with Crippen molar-refractivity contribution in [1.82, 2.24) is 0 Å². The fourth-order valence-electron chi connectivity index (χ4n) is 5.07. The molecule has 3 heterocycles. The third-order valence-electron chi connectivity index (χ3n) is 6.71. The fraction of sp³-hybridized carbons (Fsp3) is 0.720. The van der Waals surface area contributed by atoms with Crippen LogP contribution in [0.2, 0.25) is 0 Å². The van der Waals surface area contributed by atoms with E-state index in [9.17, 15) is 9.90 Å². The van der Waals surface area contributed by atoms with Crippen LogP contribution in [-0.2, 0) is 30.2 Å². The van der Waals surface area contributed by atoms with Gasteiger partial charge in [0.05, 0.1) is 18.8 Å². The average molecular weight is 465 g/mol. The van der Waals surface area contributed by atoms with E-state index in [2.05, 4.69) is 23.6 Å². The minimum Gasteiger partial charge on any atom is -0.469 e. The molecule has 1 N–H and O–H groups in total. The van der Waals surface area contributed by atoms with Crippen LogP contribution in [-0.4, -0.2) is 49.4 Å². The molecule has 0 spiro atoms. The summed E-state index contributed by atoms with van der Waals surface area (Å²) in [5.41, 5.74) is 0. The molecule has 7 heteroatoms. The molecule has 6 nitrogen and oxygen atoms in total. The number of carbonyl (C=O) groups is 1. The maximum absolute atomic E-state index is 11.5. The minimum atomic E-state index is -0.602. The van der Waals surface area contributed by atoms with Crippen LogP contribution in [0.25, 0.3) is 0 Å². The second-order valence-electron chi connectivity index (χ2n) is 9.00. The molecule has 32 heavy (non-hydrogen) atoms. The van der Waals surface area contributed by atoms with Crippen molar-refractivity contribution in [3.8, 4) is 0 Å². The van der Waals surface area contributed by atoms with Gasteiger partial charge in [-0.25, -0.2) is 0 Å². The first-order valence-corrected chi connectivity index (χ1v) is 13.0. The molecule has 1 aromatic heterocycles. The molecular weight excluding hydrogens is 428 g/mol. The van der Waals surface area contributed by atoms with Gasteiger partial charge in [-0.2, -0.15) is 0 Å². The lowest BCUT2D eigenvalue weighted by Gasteiger charge is -2.33. The summed E-state index contributed by atoms with van der Waals surface area (Å²) in [6.45, 7) is 1.41. The first-order chi connectivity index (χ1) is 15.7. The number of ether oxygens (including phenoxy) is 4. The Bertz CT molecular complexity index is 708. The Balaban J connectivity index is 1.54. The second kappa shape index (κ2) is 12.3. The lowest BCUT2D eigenvalue weighted by molar-refractivity contribution is -0.201. The number of hydrogen-bond donors (Lipinski definition) is 1. The first-order valence-electron chi connectivity index (χ1n) is 12.1. The summed E-state index contributed by atoms with van der Waals surface area (Å²) in [7, 11) is 0. The standard InChI is InChI=1S/C25H36O6S/c26-13-12-19-20(27)17-22(31-24-11-2-4-15-29-24)25(19)21(30-23-10-1-3-14-28-23)9-5-7-18-8-6-16-32-18/h6,8-9,13,16,19-20,22-25,27H,1-5,7,10-12,14-15,17H2/t19-,20+,22-,23?,24?,25+/m1/s1. The van der Waals surface area contributed by atoms with Crippen molar-refractivity contribution in [1.29, 1.82) is 0 Å². The number of allylic oxidation sites excluding steroid dienone is 1. The lowest BCUT2D eigenvalue weighted by atomic mass is 9.88. The third-order valence-corrected chi connectivity index (χ3v) is 7.65. The van der Waals surface area contributed by atoms with Gasteiger partial charge in [0.1, 0.15) is 12.0 Å². The van der Waals surface area contributed by atoms with Crippen LogP contribution in [0, 0.1) is 11.8 Å². The molecule has 2 saturated heterocycles. The van der Waals surface area contributed by atoms with Crippen molar-refractivity contribution in [2.24, 2.45) is 11.8 Å². The van der Waals surface area contributed by atoms with Crippen LogP contribution >= 0.6 is 11.3 Å². The molecule has 178 valence electrons. The summed E-state index contributed by atoms with van der Waals surface area (Å²) in [4.78, 5) is 12.8. The maximum Gasteiger partial charge on any atom is 0.199 e. The maximum atomic E-state index is 11.5. The van der Waals surface area contributed by atoms with Crippen molar-refractivity contribution in [2.75, 3.05) is 13.2 Å². The number of thiophene rings is 1. The van der Waals surface area contributed by atoms with Crippen LogP contribution in [0.4, 0.5) is 0 Å². The van der Waals surface area contributed by atoms with Crippen LogP contribution < -0.4 is 0 Å². The molecule has 2 unspecified atom stereocenters. The molecule has 0 bridgehead atoms. The van der Waals surface area contributed by atoms with E-state index in [4.69, 9.17) is 18.9 Å². The SMILES string of the molecule is O=CC[C@H]1[C@@H](C(=CCCc2cccs2)OC2CCCCO2)[C@H](OC2CCCCO2)C[C@@H]1O. The highest BCUT2D eigenvalue weighted by Gasteiger charge is 2.47. The molecule has 6 atom stereocenters. The summed E-state index contributed by atoms with van der Waals surface area (Å²) in [6, 6.07) is 4.21. The van der Waals surface area contributed by atoms with Gasteiger partial charge in [-0.05, 0) is 62.5 Å². The van der Waals surface area contributed by atoms with Crippen molar-refractivity contribution < 1.29 is 28.8 Å². The number of aldehydes is 1. The second-order valence-corrected chi connectivity index (χ2v) is 10.0. The number of rotatable bonds is 10. The van der Waals surface area contributed by atoms with Gasteiger partial charge in [-0.1, -0.05) is 6.07 Å². The third kappa shape index (κ3) is 6.41. The predicted octanol–water partition coefficient (Wildman–Crippen LogP) is 4.61.